The monoisotopic (exact) mass is 461 g/mol. The Morgan fingerprint density at radius 3 is 2.52 bits per heavy atom. The van der Waals surface area contributed by atoms with Crippen molar-refractivity contribution in [3.8, 4) is 0 Å². The third-order valence-corrected chi connectivity index (χ3v) is 6.05. The molecule has 162 valence electrons. The van der Waals surface area contributed by atoms with Gasteiger partial charge >= 0.3 is 0 Å². The molecule has 2 aromatic carbocycles. The van der Waals surface area contributed by atoms with Gasteiger partial charge in [-0.2, -0.15) is 0 Å². The number of ether oxygens (including phenoxy) is 1. The number of hydrogen-bond acceptors (Lipinski definition) is 4. The molecule has 0 spiro atoms. The molecule has 3 atom stereocenters. The molecule has 2 fully saturated rings. The highest BCUT2D eigenvalue weighted by molar-refractivity contribution is 6.39. The third-order valence-electron chi connectivity index (χ3n) is 5.42. The fourth-order valence-electron chi connectivity index (χ4n) is 3.92. The van der Waals surface area contributed by atoms with E-state index >= 15 is 0 Å². The number of piperazine rings is 1. The number of carbonyl (C=O) groups excluding carboxylic acids is 3. The van der Waals surface area contributed by atoms with Gasteiger partial charge in [-0.15, -0.1) is 0 Å². The van der Waals surface area contributed by atoms with Crippen molar-refractivity contribution >= 4 is 40.9 Å². The van der Waals surface area contributed by atoms with E-state index in [4.69, 9.17) is 27.9 Å². The first-order chi connectivity index (χ1) is 14.9. The normalized spacial score (nSPS) is 22.8. The fourth-order valence-corrected chi connectivity index (χ4v) is 4.49. The zero-order chi connectivity index (χ0) is 22.0. The van der Waals surface area contributed by atoms with Gasteiger partial charge in [0, 0.05) is 12.6 Å². The van der Waals surface area contributed by atoms with E-state index in [1.165, 1.54) is 4.90 Å². The largest absolute Gasteiger partial charge is 0.374 e. The molecule has 2 aromatic rings. The highest BCUT2D eigenvalue weighted by atomic mass is 35.5. The van der Waals surface area contributed by atoms with Gasteiger partial charge in [0.05, 0.1) is 28.8 Å². The van der Waals surface area contributed by atoms with Crippen molar-refractivity contribution in [1.29, 1.82) is 0 Å². The van der Waals surface area contributed by atoms with Crippen LogP contribution in [0.1, 0.15) is 22.3 Å². The van der Waals surface area contributed by atoms with Gasteiger partial charge in [0.1, 0.15) is 12.1 Å². The molecule has 0 aliphatic carbocycles. The quantitative estimate of drug-likeness (QED) is 0.691. The van der Waals surface area contributed by atoms with Gasteiger partial charge in [0.15, 0.2) is 0 Å². The molecule has 2 N–H and O–H groups in total. The topological polar surface area (TPSA) is 87.7 Å². The van der Waals surface area contributed by atoms with Crippen LogP contribution in [-0.2, 0) is 20.9 Å². The lowest BCUT2D eigenvalue weighted by Crippen LogP contribution is -2.62. The van der Waals surface area contributed by atoms with E-state index in [2.05, 4.69) is 10.6 Å². The Kier molecular flexibility index (Phi) is 6.46. The minimum absolute atomic E-state index is 0.0783. The summed E-state index contributed by atoms with van der Waals surface area (Å²) in [7, 11) is 0. The van der Waals surface area contributed by atoms with Crippen LogP contribution in [0.25, 0.3) is 0 Å². The number of hydrogen-bond donors (Lipinski definition) is 2. The molecule has 2 saturated heterocycles. The summed E-state index contributed by atoms with van der Waals surface area (Å²) >= 11 is 12.2. The average Bonchev–Trinajstić information content (AvgIpc) is 3.17. The lowest BCUT2D eigenvalue weighted by Gasteiger charge is -2.34. The summed E-state index contributed by atoms with van der Waals surface area (Å²) in [4.78, 5) is 39.6. The lowest BCUT2D eigenvalue weighted by atomic mass is 10.1. The van der Waals surface area contributed by atoms with Gasteiger partial charge in [0.2, 0.25) is 11.8 Å². The van der Waals surface area contributed by atoms with Crippen molar-refractivity contribution in [2.24, 2.45) is 0 Å². The molecule has 0 bridgehead atoms. The van der Waals surface area contributed by atoms with Crippen LogP contribution in [0.4, 0.5) is 0 Å². The van der Waals surface area contributed by atoms with Crippen molar-refractivity contribution in [3.05, 3.63) is 69.7 Å². The zero-order valence-corrected chi connectivity index (χ0v) is 18.0. The smallest absolute Gasteiger partial charge is 0.254 e. The maximum atomic E-state index is 12.9. The van der Waals surface area contributed by atoms with Crippen LogP contribution in [0.2, 0.25) is 10.0 Å². The van der Waals surface area contributed by atoms with Crippen molar-refractivity contribution < 1.29 is 19.1 Å². The number of halogens is 2. The van der Waals surface area contributed by atoms with Crippen LogP contribution in [-0.4, -0.2) is 53.9 Å². The molecule has 0 aromatic heterocycles. The maximum absolute atomic E-state index is 12.9. The van der Waals surface area contributed by atoms with E-state index in [-0.39, 0.29) is 46.6 Å². The summed E-state index contributed by atoms with van der Waals surface area (Å²) in [6, 6.07) is 12.6. The van der Waals surface area contributed by atoms with E-state index in [1.807, 2.05) is 30.3 Å². The zero-order valence-electron chi connectivity index (χ0n) is 16.5. The first-order valence-corrected chi connectivity index (χ1v) is 10.7. The molecular weight excluding hydrogens is 441 g/mol. The van der Waals surface area contributed by atoms with Crippen molar-refractivity contribution in [1.82, 2.24) is 15.5 Å². The Morgan fingerprint density at radius 1 is 1.10 bits per heavy atom. The molecule has 2 heterocycles. The van der Waals surface area contributed by atoms with Crippen LogP contribution in [0, 0.1) is 0 Å². The lowest BCUT2D eigenvalue weighted by molar-refractivity contribution is -0.148. The highest BCUT2D eigenvalue weighted by Gasteiger charge is 2.46. The van der Waals surface area contributed by atoms with Gasteiger partial charge in [-0.05, 0) is 24.1 Å². The minimum atomic E-state index is -0.750. The summed E-state index contributed by atoms with van der Waals surface area (Å²) in [5.41, 5.74) is 1.16. The van der Waals surface area contributed by atoms with E-state index in [0.717, 1.165) is 5.56 Å². The van der Waals surface area contributed by atoms with Gasteiger partial charge in [-0.3, -0.25) is 14.4 Å². The SMILES string of the molecule is O=C(N[C@H]1C[C@H]2C(=O)N[C@@H](COCc3ccccc3)C(=O)N2C1)c1c(Cl)cccc1Cl. The van der Waals surface area contributed by atoms with Crippen LogP contribution < -0.4 is 10.6 Å². The second kappa shape index (κ2) is 9.26. The van der Waals surface area contributed by atoms with E-state index < -0.39 is 18.0 Å². The molecule has 4 rings (SSSR count). The second-order valence-electron chi connectivity index (χ2n) is 7.57. The van der Waals surface area contributed by atoms with Crippen LogP contribution in [0.5, 0.6) is 0 Å². The summed E-state index contributed by atoms with van der Waals surface area (Å²) in [6.45, 7) is 0.663. The summed E-state index contributed by atoms with van der Waals surface area (Å²) in [6.07, 6.45) is 0.322. The molecule has 3 amide bonds. The molecule has 2 aliphatic rings. The van der Waals surface area contributed by atoms with Crippen molar-refractivity contribution in [2.45, 2.75) is 31.2 Å². The Labute approximate surface area is 189 Å². The number of carbonyl (C=O) groups is 3. The van der Waals surface area contributed by atoms with E-state index in [9.17, 15) is 14.4 Å². The number of nitrogens with one attached hydrogen (secondary N) is 2. The predicted molar refractivity (Wildman–Crippen MR) is 116 cm³/mol. The maximum Gasteiger partial charge on any atom is 0.254 e. The highest BCUT2D eigenvalue weighted by Crippen LogP contribution is 2.26. The molecule has 2 aliphatic heterocycles. The number of fused-ring (bicyclic) bond motifs is 1. The van der Waals surface area contributed by atoms with Crippen LogP contribution in [0.15, 0.2) is 48.5 Å². The second-order valence-corrected chi connectivity index (χ2v) is 8.39. The van der Waals surface area contributed by atoms with Crippen molar-refractivity contribution in [2.75, 3.05) is 13.2 Å². The van der Waals surface area contributed by atoms with E-state index in [1.54, 1.807) is 18.2 Å². The number of nitrogens with zero attached hydrogens (tertiary/aromatic N) is 1. The first kappa shape index (κ1) is 21.6. The average molecular weight is 462 g/mol. The van der Waals surface area contributed by atoms with Crippen LogP contribution >= 0.6 is 23.2 Å². The number of rotatable bonds is 6. The predicted octanol–water partition coefficient (Wildman–Crippen LogP) is 2.41. The Morgan fingerprint density at radius 2 is 1.81 bits per heavy atom. The summed E-state index contributed by atoms with van der Waals surface area (Å²) in [5, 5.41) is 6.06. The Hall–Kier alpha value is -2.61. The first-order valence-electron chi connectivity index (χ1n) is 9.91. The standard InChI is InChI=1S/C22H21Cl2N3O4/c23-15-7-4-8-16(24)19(15)21(29)25-14-9-18-20(28)26-17(22(30)27(18)10-14)12-31-11-13-5-2-1-3-6-13/h1-8,14,17-18H,9-12H2,(H,25,29)(H,26,28)/t14-,17-,18-/m0/s1. The molecule has 0 saturated carbocycles. The summed E-state index contributed by atoms with van der Waals surface area (Å²) in [5.74, 6) is -0.901. The third kappa shape index (κ3) is 4.69. The molecule has 7 nitrogen and oxygen atoms in total. The Bertz CT molecular complexity index is 981. The number of amides is 3. The minimum Gasteiger partial charge on any atom is -0.374 e. The van der Waals surface area contributed by atoms with Crippen LogP contribution in [0.3, 0.4) is 0 Å². The molecule has 0 radical (unpaired) electrons. The van der Waals surface area contributed by atoms with E-state index in [0.29, 0.717) is 13.0 Å². The van der Waals surface area contributed by atoms with Gasteiger partial charge in [-0.1, -0.05) is 59.6 Å². The molecular formula is C22H21Cl2N3O4. The summed E-state index contributed by atoms with van der Waals surface area (Å²) < 4.78 is 5.64. The van der Waals surface area contributed by atoms with Gasteiger partial charge < -0.3 is 20.3 Å². The van der Waals surface area contributed by atoms with Crippen molar-refractivity contribution in [3.63, 3.8) is 0 Å². The number of benzene rings is 2. The van der Waals surface area contributed by atoms with Gasteiger partial charge in [0.25, 0.3) is 5.91 Å². The Balaban J connectivity index is 1.36. The molecule has 31 heavy (non-hydrogen) atoms. The molecule has 9 heteroatoms. The van der Waals surface area contributed by atoms with Gasteiger partial charge in [-0.25, -0.2) is 0 Å². The fraction of sp³-hybridized carbons (Fsp3) is 0.318. The molecule has 0 unspecified atom stereocenters.